The Balaban J connectivity index is 3.02. The summed E-state index contributed by atoms with van der Waals surface area (Å²) in [6.07, 6.45) is 2.63. The van der Waals surface area contributed by atoms with Crippen LogP contribution in [-0.4, -0.2) is 0 Å². The Morgan fingerprint density at radius 1 is 1.58 bits per heavy atom. The summed E-state index contributed by atoms with van der Waals surface area (Å²) in [7, 11) is 0. The van der Waals surface area contributed by atoms with E-state index in [1.165, 1.54) is 11.1 Å². The molecule has 0 amide bonds. The number of allylic oxidation sites excluding steroid dienone is 1. The third kappa shape index (κ3) is 2.11. The van der Waals surface area contributed by atoms with E-state index in [9.17, 15) is 0 Å². The van der Waals surface area contributed by atoms with Crippen molar-refractivity contribution in [3.63, 3.8) is 0 Å². The molecule has 2 N–H and O–H groups in total. The molecule has 0 saturated carbocycles. The lowest BCUT2D eigenvalue weighted by atomic mass is 10.1. The van der Waals surface area contributed by atoms with Crippen molar-refractivity contribution in [2.24, 2.45) is 5.73 Å². The summed E-state index contributed by atoms with van der Waals surface area (Å²) in [6, 6.07) is 8.15. The van der Waals surface area contributed by atoms with Crippen LogP contribution in [0.25, 0.3) is 5.57 Å². The normalized spacial score (nSPS) is 11.7. The van der Waals surface area contributed by atoms with Crippen molar-refractivity contribution in [1.82, 2.24) is 0 Å². The van der Waals surface area contributed by atoms with E-state index in [1.54, 1.807) is 6.20 Å². The van der Waals surface area contributed by atoms with Crippen LogP contribution in [0.2, 0.25) is 0 Å². The van der Waals surface area contributed by atoms with Gasteiger partial charge in [-0.05, 0) is 35.9 Å². The van der Waals surface area contributed by atoms with Crippen LogP contribution in [0.3, 0.4) is 0 Å². The Hall–Kier alpha value is -0.760. The molecular formula is C10H12BrN. The molecule has 0 heterocycles. The van der Waals surface area contributed by atoms with E-state index >= 15 is 0 Å². The highest BCUT2D eigenvalue weighted by Crippen LogP contribution is 2.20. The van der Waals surface area contributed by atoms with E-state index in [0.717, 1.165) is 10.9 Å². The summed E-state index contributed by atoms with van der Waals surface area (Å²) in [5.41, 5.74) is 7.85. The van der Waals surface area contributed by atoms with Crippen molar-refractivity contribution in [2.45, 2.75) is 13.3 Å². The molecule has 2 heteroatoms. The van der Waals surface area contributed by atoms with Gasteiger partial charge in [0.2, 0.25) is 0 Å². The monoisotopic (exact) mass is 225 g/mol. The van der Waals surface area contributed by atoms with Gasteiger partial charge in [-0.2, -0.15) is 0 Å². The van der Waals surface area contributed by atoms with Crippen LogP contribution in [0.4, 0.5) is 0 Å². The molecule has 1 rings (SSSR count). The number of rotatable bonds is 2. The minimum absolute atomic E-state index is 0.965. The first-order valence-corrected chi connectivity index (χ1v) is 4.74. The van der Waals surface area contributed by atoms with Gasteiger partial charge in [-0.3, -0.25) is 0 Å². The smallest absolute Gasteiger partial charge is 0.0181 e. The fraction of sp³-hybridized carbons (Fsp3) is 0.200. The first kappa shape index (κ1) is 9.33. The van der Waals surface area contributed by atoms with Gasteiger partial charge in [-0.25, -0.2) is 0 Å². The van der Waals surface area contributed by atoms with Crippen molar-refractivity contribution >= 4 is 21.5 Å². The quantitative estimate of drug-likeness (QED) is 0.823. The molecular weight excluding hydrogens is 214 g/mol. The molecule has 64 valence electrons. The van der Waals surface area contributed by atoms with Crippen molar-refractivity contribution in [3.05, 3.63) is 40.5 Å². The van der Waals surface area contributed by atoms with E-state index in [2.05, 4.69) is 35.0 Å². The average molecular weight is 226 g/mol. The number of halogens is 1. The van der Waals surface area contributed by atoms with E-state index in [-0.39, 0.29) is 0 Å². The SMILES string of the molecule is CC/C(=C/N)c1cccc(Br)c1. The van der Waals surface area contributed by atoms with E-state index in [1.807, 2.05) is 12.1 Å². The molecule has 0 fully saturated rings. The molecule has 12 heavy (non-hydrogen) atoms. The fourth-order valence-electron chi connectivity index (χ4n) is 1.11. The summed E-state index contributed by atoms with van der Waals surface area (Å²) >= 11 is 3.42. The summed E-state index contributed by atoms with van der Waals surface area (Å²) in [6.45, 7) is 2.10. The summed E-state index contributed by atoms with van der Waals surface area (Å²) in [5, 5.41) is 0. The highest BCUT2D eigenvalue weighted by Gasteiger charge is 1.97. The zero-order valence-electron chi connectivity index (χ0n) is 7.05. The molecule has 0 radical (unpaired) electrons. The third-order valence-corrected chi connectivity index (χ3v) is 2.27. The molecule has 0 unspecified atom stereocenters. The number of hydrogen-bond acceptors (Lipinski definition) is 1. The van der Waals surface area contributed by atoms with Crippen molar-refractivity contribution in [2.75, 3.05) is 0 Å². The lowest BCUT2D eigenvalue weighted by Gasteiger charge is -2.03. The molecule has 0 aliphatic heterocycles. The lowest BCUT2D eigenvalue weighted by Crippen LogP contribution is -1.87. The maximum absolute atomic E-state index is 5.49. The van der Waals surface area contributed by atoms with E-state index in [0.29, 0.717) is 0 Å². The van der Waals surface area contributed by atoms with Gasteiger partial charge in [-0.1, -0.05) is 35.0 Å². The standard InChI is InChI=1S/C10H12BrN/c1-2-8(7-12)9-4-3-5-10(11)6-9/h3-7H,2,12H2,1H3/b8-7-. The Morgan fingerprint density at radius 2 is 2.33 bits per heavy atom. The number of hydrogen-bond donors (Lipinski definition) is 1. The van der Waals surface area contributed by atoms with E-state index < -0.39 is 0 Å². The zero-order valence-corrected chi connectivity index (χ0v) is 8.64. The van der Waals surface area contributed by atoms with Gasteiger partial charge >= 0.3 is 0 Å². The molecule has 1 aromatic rings. The molecule has 0 aromatic heterocycles. The Morgan fingerprint density at radius 3 is 2.83 bits per heavy atom. The molecule has 0 aliphatic rings. The average Bonchev–Trinajstić information content (AvgIpc) is 2.07. The predicted molar refractivity (Wildman–Crippen MR) is 56.6 cm³/mol. The maximum Gasteiger partial charge on any atom is 0.0181 e. The second-order valence-corrected chi connectivity index (χ2v) is 3.47. The molecule has 0 spiro atoms. The van der Waals surface area contributed by atoms with Gasteiger partial charge in [0.1, 0.15) is 0 Å². The van der Waals surface area contributed by atoms with Crippen LogP contribution >= 0.6 is 15.9 Å². The molecule has 0 atom stereocenters. The third-order valence-electron chi connectivity index (χ3n) is 1.78. The topological polar surface area (TPSA) is 26.0 Å². The summed E-state index contributed by atoms with van der Waals surface area (Å²) in [5.74, 6) is 0. The molecule has 0 saturated heterocycles. The van der Waals surface area contributed by atoms with Crippen LogP contribution in [0, 0.1) is 0 Å². The van der Waals surface area contributed by atoms with Crippen LogP contribution in [-0.2, 0) is 0 Å². The van der Waals surface area contributed by atoms with Gasteiger partial charge in [0.05, 0.1) is 0 Å². The minimum atomic E-state index is 0.965. The van der Waals surface area contributed by atoms with Gasteiger partial charge < -0.3 is 5.73 Å². The first-order chi connectivity index (χ1) is 5.77. The van der Waals surface area contributed by atoms with Gasteiger partial charge in [-0.15, -0.1) is 0 Å². The Labute approximate surface area is 81.4 Å². The van der Waals surface area contributed by atoms with Crippen LogP contribution in [0.15, 0.2) is 34.9 Å². The molecule has 1 aromatic carbocycles. The number of nitrogens with two attached hydrogens (primary N) is 1. The molecule has 0 aliphatic carbocycles. The predicted octanol–water partition coefficient (Wildman–Crippen LogP) is 3.16. The highest BCUT2D eigenvalue weighted by atomic mass is 79.9. The van der Waals surface area contributed by atoms with Gasteiger partial charge in [0.15, 0.2) is 0 Å². The van der Waals surface area contributed by atoms with Gasteiger partial charge in [0.25, 0.3) is 0 Å². The Bertz CT molecular complexity index is 292. The van der Waals surface area contributed by atoms with Crippen LogP contribution < -0.4 is 5.73 Å². The summed E-state index contributed by atoms with van der Waals surface area (Å²) < 4.78 is 1.09. The lowest BCUT2D eigenvalue weighted by molar-refractivity contribution is 1.23. The second-order valence-electron chi connectivity index (χ2n) is 2.56. The zero-order chi connectivity index (χ0) is 8.97. The first-order valence-electron chi connectivity index (χ1n) is 3.94. The van der Waals surface area contributed by atoms with Crippen LogP contribution in [0.5, 0.6) is 0 Å². The van der Waals surface area contributed by atoms with Crippen LogP contribution in [0.1, 0.15) is 18.9 Å². The number of benzene rings is 1. The minimum Gasteiger partial charge on any atom is -0.404 e. The molecule has 0 bridgehead atoms. The highest BCUT2D eigenvalue weighted by molar-refractivity contribution is 9.10. The largest absolute Gasteiger partial charge is 0.404 e. The van der Waals surface area contributed by atoms with Crippen molar-refractivity contribution in [1.29, 1.82) is 0 Å². The second kappa shape index (κ2) is 4.31. The Kier molecular flexibility index (Phi) is 3.35. The van der Waals surface area contributed by atoms with Crippen molar-refractivity contribution < 1.29 is 0 Å². The maximum atomic E-state index is 5.49. The summed E-state index contributed by atoms with van der Waals surface area (Å²) in [4.78, 5) is 0. The fourth-order valence-corrected chi connectivity index (χ4v) is 1.51. The van der Waals surface area contributed by atoms with E-state index in [4.69, 9.17) is 5.73 Å². The van der Waals surface area contributed by atoms with Gasteiger partial charge in [0, 0.05) is 4.47 Å². The van der Waals surface area contributed by atoms with Crippen molar-refractivity contribution in [3.8, 4) is 0 Å². The molecule has 1 nitrogen and oxygen atoms in total.